The Morgan fingerprint density at radius 2 is 2.20 bits per heavy atom. The van der Waals surface area contributed by atoms with Crippen molar-refractivity contribution in [2.75, 3.05) is 0 Å². The fourth-order valence-corrected chi connectivity index (χ4v) is 1.99. The molecule has 0 aliphatic rings. The van der Waals surface area contributed by atoms with Crippen LogP contribution in [0, 0.1) is 5.82 Å². The average Bonchev–Trinajstić information content (AvgIpc) is 2.57. The van der Waals surface area contributed by atoms with Crippen LogP contribution in [0.2, 0.25) is 0 Å². The number of benzene rings is 1. The quantitative estimate of drug-likeness (QED) is 0.717. The number of imidazole rings is 1. The zero-order valence-electron chi connectivity index (χ0n) is 8.67. The van der Waals surface area contributed by atoms with Crippen molar-refractivity contribution in [2.24, 2.45) is 0 Å². The molecule has 1 aromatic carbocycles. The second-order valence-corrected chi connectivity index (χ2v) is 4.00. The number of alkyl halides is 1. The number of rotatable bonds is 2. The zero-order valence-corrected chi connectivity index (χ0v) is 9.42. The van der Waals surface area contributed by atoms with Crippen LogP contribution in [0.15, 0.2) is 18.2 Å². The molecule has 0 aliphatic heterocycles. The molecule has 0 fully saturated rings. The fraction of sp³-hybridized carbons (Fsp3) is 0.364. The summed E-state index contributed by atoms with van der Waals surface area (Å²) in [6.07, 6.45) is 0. The van der Waals surface area contributed by atoms with E-state index in [1.165, 1.54) is 6.07 Å². The second kappa shape index (κ2) is 3.81. The molecule has 0 atom stereocenters. The van der Waals surface area contributed by atoms with Crippen LogP contribution in [0.4, 0.5) is 4.39 Å². The molecular weight excluding hydrogens is 215 g/mol. The molecule has 2 aromatic rings. The van der Waals surface area contributed by atoms with Gasteiger partial charge in [-0.3, -0.25) is 0 Å². The summed E-state index contributed by atoms with van der Waals surface area (Å²) < 4.78 is 15.4. The first-order valence-corrected chi connectivity index (χ1v) is 5.40. The van der Waals surface area contributed by atoms with Crippen molar-refractivity contribution >= 4 is 22.6 Å². The van der Waals surface area contributed by atoms with Gasteiger partial charge in [0.15, 0.2) is 5.82 Å². The van der Waals surface area contributed by atoms with E-state index in [9.17, 15) is 4.39 Å². The molecule has 0 radical (unpaired) electrons. The van der Waals surface area contributed by atoms with Crippen molar-refractivity contribution in [1.82, 2.24) is 9.55 Å². The van der Waals surface area contributed by atoms with Crippen LogP contribution in [-0.2, 0) is 5.88 Å². The molecule has 15 heavy (non-hydrogen) atoms. The van der Waals surface area contributed by atoms with E-state index < -0.39 is 0 Å². The van der Waals surface area contributed by atoms with E-state index in [4.69, 9.17) is 11.6 Å². The van der Waals surface area contributed by atoms with Crippen LogP contribution in [-0.4, -0.2) is 9.55 Å². The predicted octanol–water partition coefficient (Wildman–Crippen LogP) is 3.50. The van der Waals surface area contributed by atoms with E-state index in [0.29, 0.717) is 17.2 Å². The molecular formula is C11H12ClFN2. The Morgan fingerprint density at radius 1 is 1.47 bits per heavy atom. The number of aromatic nitrogens is 2. The summed E-state index contributed by atoms with van der Waals surface area (Å²) in [5, 5.41) is 0. The van der Waals surface area contributed by atoms with Crippen molar-refractivity contribution in [3.05, 3.63) is 29.8 Å². The minimum atomic E-state index is -0.293. The topological polar surface area (TPSA) is 17.8 Å². The molecule has 0 bridgehead atoms. The predicted molar refractivity (Wildman–Crippen MR) is 59.6 cm³/mol. The van der Waals surface area contributed by atoms with Gasteiger partial charge in [0.05, 0.1) is 11.4 Å². The molecule has 0 spiro atoms. The van der Waals surface area contributed by atoms with Gasteiger partial charge >= 0.3 is 0 Å². The minimum absolute atomic E-state index is 0.227. The molecule has 0 saturated carbocycles. The number of nitrogens with zero attached hydrogens (tertiary/aromatic N) is 2. The monoisotopic (exact) mass is 226 g/mol. The number of fused-ring (bicyclic) bond motifs is 1. The maximum Gasteiger partial charge on any atom is 0.151 e. The van der Waals surface area contributed by atoms with Crippen LogP contribution >= 0.6 is 11.6 Å². The summed E-state index contributed by atoms with van der Waals surface area (Å²) >= 11 is 5.79. The van der Waals surface area contributed by atoms with Gasteiger partial charge in [-0.15, -0.1) is 11.6 Å². The van der Waals surface area contributed by atoms with E-state index in [0.717, 1.165) is 5.52 Å². The maximum atomic E-state index is 13.5. The van der Waals surface area contributed by atoms with E-state index >= 15 is 0 Å². The molecule has 0 aliphatic carbocycles. The van der Waals surface area contributed by atoms with E-state index in [2.05, 4.69) is 4.98 Å². The van der Waals surface area contributed by atoms with Crippen LogP contribution in [0.25, 0.3) is 11.0 Å². The van der Waals surface area contributed by atoms with Crippen molar-refractivity contribution in [1.29, 1.82) is 0 Å². The molecule has 2 nitrogen and oxygen atoms in total. The van der Waals surface area contributed by atoms with Crippen molar-refractivity contribution < 1.29 is 4.39 Å². The second-order valence-electron chi connectivity index (χ2n) is 3.73. The standard InChI is InChI=1S/C11H12ClFN2/c1-7(2)15-9-5-3-4-8(13)11(9)14-10(15)6-12/h3-5,7H,6H2,1-2H3. The summed E-state index contributed by atoms with van der Waals surface area (Å²) in [6.45, 7) is 4.06. The summed E-state index contributed by atoms with van der Waals surface area (Å²) in [5.74, 6) is 0.719. The highest BCUT2D eigenvalue weighted by Crippen LogP contribution is 2.23. The maximum absolute atomic E-state index is 13.5. The van der Waals surface area contributed by atoms with Crippen LogP contribution < -0.4 is 0 Å². The Labute approximate surface area is 92.7 Å². The van der Waals surface area contributed by atoms with Gasteiger partial charge < -0.3 is 4.57 Å². The lowest BCUT2D eigenvalue weighted by Gasteiger charge is -2.11. The smallest absolute Gasteiger partial charge is 0.151 e. The van der Waals surface area contributed by atoms with Crippen LogP contribution in [0.1, 0.15) is 25.7 Å². The molecule has 1 aromatic heterocycles. The van der Waals surface area contributed by atoms with Gasteiger partial charge in [-0.2, -0.15) is 0 Å². The van der Waals surface area contributed by atoms with E-state index in [-0.39, 0.29) is 11.9 Å². The van der Waals surface area contributed by atoms with Gasteiger partial charge in [0.2, 0.25) is 0 Å². The largest absolute Gasteiger partial charge is 0.324 e. The Morgan fingerprint density at radius 3 is 2.80 bits per heavy atom. The SMILES string of the molecule is CC(C)n1c(CCl)nc2c(F)cccc21. The third-order valence-corrected chi connectivity index (χ3v) is 2.62. The minimum Gasteiger partial charge on any atom is -0.324 e. The van der Waals surface area contributed by atoms with Gasteiger partial charge in [0.25, 0.3) is 0 Å². The summed E-state index contributed by atoms with van der Waals surface area (Å²) in [6, 6.07) is 5.20. The van der Waals surface area contributed by atoms with E-state index in [1.54, 1.807) is 6.07 Å². The molecule has 0 amide bonds. The lowest BCUT2D eigenvalue weighted by molar-refractivity contribution is 0.597. The Hall–Kier alpha value is -1.09. The first kappa shape index (κ1) is 10.4. The molecule has 0 N–H and O–H groups in total. The molecule has 1 heterocycles. The lowest BCUT2D eigenvalue weighted by Crippen LogP contribution is -2.04. The highest BCUT2D eigenvalue weighted by molar-refractivity contribution is 6.16. The molecule has 0 saturated heterocycles. The third kappa shape index (κ3) is 1.61. The van der Waals surface area contributed by atoms with Crippen LogP contribution in [0.5, 0.6) is 0 Å². The number of halogens is 2. The van der Waals surface area contributed by atoms with Crippen molar-refractivity contribution in [3.63, 3.8) is 0 Å². The zero-order chi connectivity index (χ0) is 11.0. The van der Waals surface area contributed by atoms with Gasteiger partial charge in [-0.1, -0.05) is 6.07 Å². The first-order valence-electron chi connectivity index (χ1n) is 4.86. The molecule has 80 valence electrons. The molecule has 2 rings (SSSR count). The number of para-hydroxylation sites is 1. The first-order chi connectivity index (χ1) is 7.15. The van der Waals surface area contributed by atoms with E-state index in [1.807, 2.05) is 24.5 Å². The summed E-state index contributed by atoms with van der Waals surface area (Å²) in [5.41, 5.74) is 1.21. The normalized spacial score (nSPS) is 11.5. The summed E-state index contributed by atoms with van der Waals surface area (Å²) in [4.78, 5) is 4.21. The Kier molecular flexibility index (Phi) is 2.65. The van der Waals surface area contributed by atoms with Crippen molar-refractivity contribution in [2.45, 2.75) is 25.8 Å². The molecule has 4 heteroatoms. The van der Waals surface area contributed by atoms with Gasteiger partial charge in [0, 0.05) is 6.04 Å². The van der Waals surface area contributed by atoms with Gasteiger partial charge in [0.1, 0.15) is 11.3 Å². The van der Waals surface area contributed by atoms with Gasteiger partial charge in [-0.05, 0) is 26.0 Å². The number of hydrogen-bond donors (Lipinski definition) is 0. The van der Waals surface area contributed by atoms with Crippen LogP contribution in [0.3, 0.4) is 0 Å². The summed E-state index contributed by atoms with van der Waals surface area (Å²) in [7, 11) is 0. The highest BCUT2D eigenvalue weighted by Gasteiger charge is 2.14. The number of hydrogen-bond acceptors (Lipinski definition) is 1. The third-order valence-electron chi connectivity index (χ3n) is 2.38. The highest BCUT2D eigenvalue weighted by atomic mass is 35.5. The fourth-order valence-electron chi connectivity index (χ4n) is 1.80. The van der Waals surface area contributed by atoms with Gasteiger partial charge in [-0.25, -0.2) is 9.37 Å². The van der Waals surface area contributed by atoms with Crippen molar-refractivity contribution in [3.8, 4) is 0 Å². The average molecular weight is 227 g/mol. The Bertz CT molecular complexity index is 491. The Balaban J connectivity index is 2.80. The molecule has 0 unspecified atom stereocenters. The lowest BCUT2D eigenvalue weighted by atomic mass is 10.3.